The van der Waals surface area contributed by atoms with Crippen LogP contribution < -0.4 is 16.1 Å². The SMILES string of the molecule is Cc1cc(=O)c2cc(NC3=CC(=O)NC3)ccc2[nH]1. The molecule has 3 N–H and O–H groups in total. The van der Waals surface area contributed by atoms with Crippen molar-refractivity contribution in [1.82, 2.24) is 10.3 Å². The van der Waals surface area contributed by atoms with Crippen LogP contribution in [0.5, 0.6) is 0 Å². The highest BCUT2D eigenvalue weighted by atomic mass is 16.1. The van der Waals surface area contributed by atoms with Gasteiger partial charge < -0.3 is 15.6 Å². The zero-order valence-electron chi connectivity index (χ0n) is 10.4. The summed E-state index contributed by atoms with van der Waals surface area (Å²) in [5.41, 5.74) is 3.23. The number of H-pyrrole nitrogens is 1. The van der Waals surface area contributed by atoms with E-state index >= 15 is 0 Å². The molecule has 19 heavy (non-hydrogen) atoms. The summed E-state index contributed by atoms with van der Waals surface area (Å²) >= 11 is 0. The van der Waals surface area contributed by atoms with E-state index < -0.39 is 0 Å². The topological polar surface area (TPSA) is 74.0 Å². The molecule has 0 aliphatic carbocycles. The van der Waals surface area contributed by atoms with Crippen LogP contribution in [0.3, 0.4) is 0 Å². The molecule has 0 spiro atoms. The Morgan fingerprint density at radius 1 is 1.21 bits per heavy atom. The van der Waals surface area contributed by atoms with Crippen molar-refractivity contribution < 1.29 is 4.79 Å². The molecule has 1 aromatic carbocycles. The lowest BCUT2D eigenvalue weighted by molar-refractivity contribution is -0.115. The van der Waals surface area contributed by atoms with E-state index in [0.29, 0.717) is 11.9 Å². The Balaban J connectivity index is 2.00. The minimum absolute atomic E-state index is 0.00972. The number of aromatic amines is 1. The summed E-state index contributed by atoms with van der Waals surface area (Å²) in [5.74, 6) is -0.100. The number of hydrogen-bond acceptors (Lipinski definition) is 3. The Morgan fingerprint density at radius 2 is 2.05 bits per heavy atom. The summed E-state index contributed by atoms with van der Waals surface area (Å²) in [6.45, 7) is 2.34. The third-order valence-corrected chi connectivity index (χ3v) is 3.03. The molecule has 0 atom stereocenters. The van der Waals surface area contributed by atoms with E-state index in [1.165, 1.54) is 6.08 Å². The average molecular weight is 255 g/mol. The van der Waals surface area contributed by atoms with Gasteiger partial charge in [-0.1, -0.05) is 0 Å². The van der Waals surface area contributed by atoms with E-state index in [1.54, 1.807) is 12.1 Å². The molecule has 1 amide bonds. The lowest BCUT2D eigenvalue weighted by Crippen LogP contribution is -2.16. The van der Waals surface area contributed by atoms with E-state index in [9.17, 15) is 9.59 Å². The van der Waals surface area contributed by atoms with Gasteiger partial charge in [0.25, 0.3) is 0 Å². The maximum Gasteiger partial charge on any atom is 0.246 e. The van der Waals surface area contributed by atoms with Crippen LogP contribution in [0.1, 0.15) is 5.69 Å². The van der Waals surface area contributed by atoms with Crippen LogP contribution in [0.4, 0.5) is 5.69 Å². The van der Waals surface area contributed by atoms with Gasteiger partial charge in [-0.2, -0.15) is 0 Å². The quantitative estimate of drug-likeness (QED) is 0.756. The Hall–Kier alpha value is -2.56. The molecule has 0 saturated carbocycles. The first-order chi connectivity index (χ1) is 9.11. The van der Waals surface area contributed by atoms with Gasteiger partial charge in [-0.3, -0.25) is 9.59 Å². The number of benzene rings is 1. The molecule has 0 bridgehead atoms. The van der Waals surface area contributed by atoms with E-state index in [1.807, 2.05) is 19.1 Å². The molecular weight excluding hydrogens is 242 g/mol. The fraction of sp³-hybridized carbons (Fsp3) is 0.143. The number of rotatable bonds is 2. The predicted octanol–water partition coefficient (Wildman–Crippen LogP) is 1.26. The molecule has 1 aliphatic heterocycles. The van der Waals surface area contributed by atoms with E-state index in [4.69, 9.17) is 0 Å². The van der Waals surface area contributed by atoms with Gasteiger partial charge >= 0.3 is 0 Å². The van der Waals surface area contributed by atoms with Crippen LogP contribution >= 0.6 is 0 Å². The first-order valence-electron chi connectivity index (χ1n) is 6.01. The number of anilines is 1. The number of hydrogen-bond donors (Lipinski definition) is 3. The summed E-state index contributed by atoms with van der Waals surface area (Å²) in [6.07, 6.45) is 1.52. The van der Waals surface area contributed by atoms with Gasteiger partial charge in [0.2, 0.25) is 5.91 Å². The first kappa shape index (κ1) is 11.5. The molecule has 0 unspecified atom stereocenters. The molecule has 0 fully saturated rings. The molecule has 5 heteroatoms. The van der Waals surface area contributed by atoms with Crippen LogP contribution in [0.15, 0.2) is 40.8 Å². The number of nitrogens with one attached hydrogen (secondary N) is 3. The second-order valence-corrected chi connectivity index (χ2v) is 4.59. The summed E-state index contributed by atoms with van der Waals surface area (Å²) < 4.78 is 0. The van der Waals surface area contributed by atoms with Crippen molar-refractivity contribution in [1.29, 1.82) is 0 Å². The van der Waals surface area contributed by atoms with Crippen molar-refractivity contribution in [2.24, 2.45) is 0 Å². The second-order valence-electron chi connectivity index (χ2n) is 4.59. The van der Waals surface area contributed by atoms with Crippen molar-refractivity contribution in [3.8, 4) is 0 Å². The maximum absolute atomic E-state index is 11.9. The third kappa shape index (κ3) is 2.22. The van der Waals surface area contributed by atoms with Gasteiger partial charge in [0.15, 0.2) is 5.43 Å². The lowest BCUT2D eigenvalue weighted by atomic mass is 10.1. The molecule has 3 rings (SSSR count). The number of amides is 1. The largest absolute Gasteiger partial charge is 0.358 e. The number of pyridine rings is 1. The molecule has 2 heterocycles. The highest BCUT2D eigenvalue weighted by Gasteiger charge is 2.10. The lowest BCUT2D eigenvalue weighted by Gasteiger charge is -2.08. The number of carbonyl (C=O) groups is 1. The van der Waals surface area contributed by atoms with E-state index in [2.05, 4.69) is 15.6 Å². The van der Waals surface area contributed by atoms with E-state index in [0.717, 1.165) is 22.6 Å². The zero-order valence-corrected chi connectivity index (χ0v) is 10.4. The predicted molar refractivity (Wildman–Crippen MR) is 74.0 cm³/mol. The molecule has 0 saturated heterocycles. The highest BCUT2D eigenvalue weighted by molar-refractivity contribution is 5.92. The number of carbonyl (C=O) groups excluding carboxylic acids is 1. The van der Waals surface area contributed by atoms with Gasteiger partial charge in [-0.05, 0) is 25.1 Å². The summed E-state index contributed by atoms with van der Waals surface area (Å²) in [7, 11) is 0. The van der Waals surface area contributed by atoms with Crippen LogP contribution in [0, 0.1) is 6.92 Å². The zero-order chi connectivity index (χ0) is 13.4. The van der Waals surface area contributed by atoms with Gasteiger partial charge in [0.1, 0.15) is 0 Å². The minimum atomic E-state index is -0.100. The number of aromatic nitrogens is 1. The van der Waals surface area contributed by atoms with E-state index in [-0.39, 0.29) is 11.3 Å². The normalized spacial score (nSPS) is 14.4. The number of aryl methyl sites for hydroxylation is 1. The Morgan fingerprint density at radius 3 is 2.79 bits per heavy atom. The molecule has 1 aromatic heterocycles. The molecular formula is C14H13N3O2. The van der Waals surface area contributed by atoms with Gasteiger partial charge in [-0.25, -0.2) is 0 Å². The van der Waals surface area contributed by atoms with Crippen molar-refractivity contribution in [3.63, 3.8) is 0 Å². The van der Waals surface area contributed by atoms with Crippen LogP contribution in [0.2, 0.25) is 0 Å². The second kappa shape index (κ2) is 4.28. The monoisotopic (exact) mass is 255 g/mol. The summed E-state index contributed by atoms with van der Waals surface area (Å²) in [5, 5.41) is 6.45. The summed E-state index contributed by atoms with van der Waals surface area (Å²) in [6, 6.07) is 7.10. The smallest absolute Gasteiger partial charge is 0.246 e. The van der Waals surface area contributed by atoms with Gasteiger partial charge in [0, 0.05) is 40.1 Å². The fourth-order valence-electron chi connectivity index (χ4n) is 2.17. The van der Waals surface area contributed by atoms with Crippen molar-refractivity contribution >= 4 is 22.5 Å². The van der Waals surface area contributed by atoms with Crippen molar-refractivity contribution in [2.75, 3.05) is 11.9 Å². The average Bonchev–Trinajstić information content (AvgIpc) is 2.75. The maximum atomic E-state index is 11.9. The Kier molecular flexibility index (Phi) is 2.59. The van der Waals surface area contributed by atoms with Crippen LogP contribution in [-0.4, -0.2) is 17.4 Å². The van der Waals surface area contributed by atoms with Gasteiger partial charge in [0.05, 0.1) is 6.54 Å². The van der Waals surface area contributed by atoms with Crippen LogP contribution in [-0.2, 0) is 4.79 Å². The Labute approximate surface area is 109 Å². The minimum Gasteiger partial charge on any atom is -0.358 e. The molecule has 5 nitrogen and oxygen atoms in total. The summed E-state index contributed by atoms with van der Waals surface area (Å²) in [4.78, 5) is 26.1. The third-order valence-electron chi connectivity index (χ3n) is 3.03. The standard InChI is InChI=1S/C14H13N3O2/c1-8-4-13(18)11-5-9(2-3-12(11)16-8)17-10-6-14(19)15-7-10/h2-6,17H,7H2,1H3,(H,15,19)(H,16,18). The number of fused-ring (bicyclic) bond motifs is 1. The highest BCUT2D eigenvalue weighted by Crippen LogP contribution is 2.17. The Bertz CT molecular complexity index is 759. The van der Waals surface area contributed by atoms with Crippen LogP contribution in [0.25, 0.3) is 10.9 Å². The van der Waals surface area contributed by atoms with Crippen molar-refractivity contribution in [3.05, 3.63) is 52.0 Å². The van der Waals surface area contributed by atoms with Crippen molar-refractivity contribution in [2.45, 2.75) is 6.92 Å². The molecule has 0 radical (unpaired) electrons. The molecule has 96 valence electrons. The van der Waals surface area contributed by atoms with Gasteiger partial charge in [-0.15, -0.1) is 0 Å². The fourth-order valence-corrected chi connectivity index (χ4v) is 2.17. The molecule has 1 aliphatic rings. The first-order valence-corrected chi connectivity index (χ1v) is 6.01. The molecule has 2 aromatic rings.